The molecule has 0 radical (unpaired) electrons. The van der Waals surface area contributed by atoms with E-state index in [1.165, 1.54) is 5.56 Å². The second kappa shape index (κ2) is 5.98. The van der Waals surface area contributed by atoms with Crippen LogP contribution < -0.4 is 5.32 Å². The first-order valence-electron chi connectivity index (χ1n) is 5.93. The van der Waals surface area contributed by atoms with Gasteiger partial charge in [0.25, 0.3) is 0 Å². The fraction of sp³-hybridized carbons (Fsp3) is 0.385. The predicted octanol–water partition coefficient (Wildman–Crippen LogP) is 2.92. The van der Waals surface area contributed by atoms with Crippen molar-refractivity contribution in [2.24, 2.45) is 0 Å². The van der Waals surface area contributed by atoms with Crippen LogP contribution in [-0.2, 0) is 6.42 Å². The molecule has 0 bridgehead atoms. The number of aryl methyl sites for hydroxylation is 1. The molecule has 0 spiro atoms. The maximum absolute atomic E-state index is 5.96. The molecule has 4 nitrogen and oxygen atoms in total. The van der Waals surface area contributed by atoms with Gasteiger partial charge < -0.3 is 9.84 Å². The maximum Gasteiger partial charge on any atom is 0.227 e. The van der Waals surface area contributed by atoms with Gasteiger partial charge in [0.1, 0.15) is 0 Å². The molecule has 2 aromatic rings. The van der Waals surface area contributed by atoms with Crippen molar-refractivity contribution in [3.63, 3.8) is 0 Å². The average molecular weight is 266 g/mol. The van der Waals surface area contributed by atoms with E-state index < -0.39 is 0 Å². The van der Waals surface area contributed by atoms with Gasteiger partial charge in [-0.15, -0.1) is 0 Å². The number of nitrogens with zero attached hydrogens (tertiary/aromatic N) is 2. The van der Waals surface area contributed by atoms with Gasteiger partial charge in [0.05, 0.1) is 0 Å². The van der Waals surface area contributed by atoms with Gasteiger partial charge in [0.2, 0.25) is 5.89 Å². The molecule has 0 aliphatic heterocycles. The van der Waals surface area contributed by atoms with Crippen molar-refractivity contribution < 1.29 is 4.52 Å². The summed E-state index contributed by atoms with van der Waals surface area (Å²) in [6.45, 7) is 4.70. The van der Waals surface area contributed by atoms with Gasteiger partial charge in [-0.2, -0.15) is 4.98 Å². The van der Waals surface area contributed by atoms with E-state index in [1.54, 1.807) is 0 Å². The first-order chi connectivity index (χ1) is 8.65. The van der Waals surface area contributed by atoms with Gasteiger partial charge in [0.15, 0.2) is 5.82 Å². The fourth-order valence-electron chi connectivity index (χ4n) is 1.73. The van der Waals surface area contributed by atoms with Crippen molar-refractivity contribution >= 4 is 11.6 Å². The Kier molecular flexibility index (Phi) is 4.33. The molecule has 1 heterocycles. The largest absolute Gasteiger partial charge is 0.339 e. The van der Waals surface area contributed by atoms with E-state index in [9.17, 15) is 0 Å². The molecule has 96 valence electrons. The van der Waals surface area contributed by atoms with Crippen molar-refractivity contribution in [1.82, 2.24) is 15.5 Å². The van der Waals surface area contributed by atoms with Crippen LogP contribution in [0.2, 0.25) is 5.02 Å². The summed E-state index contributed by atoms with van der Waals surface area (Å²) in [4.78, 5) is 4.16. The van der Waals surface area contributed by atoms with Crippen LogP contribution >= 0.6 is 11.6 Å². The third kappa shape index (κ3) is 3.55. The standard InChI is InChI=1S/C13H16ClN3O/c1-9(11-4-3-5-12(14)8-11)15-7-6-13-16-10(2)17-18-13/h3-5,8-9,15H,6-7H2,1-2H3. The normalized spacial score (nSPS) is 12.6. The first-order valence-corrected chi connectivity index (χ1v) is 6.31. The molecule has 2 rings (SSSR count). The Balaban J connectivity index is 1.83. The van der Waals surface area contributed by atoms with Gasteiger partial charge in [0, 0.05) is 24.0 Å². The van der Waals surface area contributed by atoms with E-state index in [0.29, 0.717) is 11.7 Å². The Morgan fingerprint density at radius 3 is 2.94 bits per heavy atom. The Morgan fingerprint density at radius 1 is 1.44 bits per heavy atom. The second-order valence-corrected chi connectivity index (χ2v) is 4.65. The van der Waals surface area contributed by atoms with Gasteiger partial charge in [-0.1, -0.05) is 28.9 Å². The topological polar surface area (TPSA) is 51.0 Å². The molecule has 0 saturated carbocycles. The second-order valence-electron chi connectivity index (χ2n) is 4.22. The quantitative estimate of drug-likeness (QED) is 0.903. The monoisotopic (exact) mass is 265 g/mol. The zero-order chi connectivity index (χ0) is 13.0. The SMILES string of the molecule is Cc1noc(CCNC(C)c2cccc(Cl)c2)n1. The zero-order valence-corrected chi connectivity index (χ0v) is 11.2. The summed E-state index contributed by atoms with van der Waals surface area (Å²) in [7, 11) is 0. The minimum absolute atomic E-state index is 0.243. The molecule has 0 saturated heterocycles. The van der Waals surface area contributed by atoms with Crippen LogP contribution in [0, 0.1) is 6.92 Å². The lowest BCUT2D eigenvalue weighted by Crippen LogP contribution is -2.21. The Bertz CT molecular complexity index is 512. The fourth-order valence-corrected chi connectivity index (χ4v) is 1.93. The highest BCUT2D eigenvalue weighted by atomic mass is 35.5. The summed E-state index contributed by atoms with van der Waals surface area (Å²) in [5, 5.41) is 7.91. The van der Waals surface area contributed by atoms with E-state index in [-0.39, 0.29) is 6.04 Å². The first kappa shape index (κ1) is 13.1. The van der Waals surface area contributed by atoms with Gasteiger partial charge in [-0.05, 0) is 31.5 Å². The van der Waals surface area contributed by atoms with Crippen LogP contribution in [0.5, 0.6) is 0 Å². The number of hydrogen-bond acceptors (Lipinski definition) is 4. The van der Waals surface area contributed by atoms with Crippen molar-refractivity contribution in [1.29, 1.82) is 0 Å². The highest BCUT2D eigenvalue weighted by Crippen LogP contribution is 2.17. The van der Waals surface area contributed by atoms with E-state index in [4.69, 9.17) is 16.1 Å². The molecule has 18 heavy (non-hydrogen) atoms. The molecular weight excluding hydrogens is 250 g/mol. The highest BCUT2D eigenvalue weighted by molar-refractivity contribution is 6.30. The lowest BCUT2D eigenvalue weighted by molar-refractivity contribution is 0.370. The van der Waals surface area contributed by atoms with Crippen LogP contribution in [0.1, 0.15) is 30.2 Å². The van der Waals surface area contributed by atoms with E-state index in [0.717, 1.165) is 18.0 Å². The van der Waals surface area contributed by atoms with Crippen LogP contribution in [0.15, 0.2) is 28.8 Å². The summed E-state index contributed by atoms with van der Waals surface area (Å²) in [6, 6.07) is 8.10. The van der Waals surface area contributed by atoms with Crippen LogP contribution in [0.4, 0.5) is 0 Å². The smallest absolute Gasteiger partial charge is 0.227 e. The minimum atomic E-state index is 0.243. The Labute approximate surface area is 111 Å². The van der Waals surface area contributed by atoms with Crippen molar-refractivity contribution in [3.8, 4) is 0 Å². The summed E-state index contributed by atoms with van der Waals surface area (Å²) in [5.41, 5.74) is 1.17. The third-order valence-electron chi connectivity index (χ3n) is 2.71. The molecule has 1 N–H and O–H groups in total. The molecule has 0 fully saturated rings. The number of hydrogen-bond donors (Lipinski definition) is 1. The molecule has 1 aromatic carbocycles. The lowest BCUT2D eigenvalue weighted by Gasteiger charge is -2.13. The maximum atomic E-state index is 5.96. The average Bonchev–Trinajstić information content (AvgIpc) is 2.75. The van der Waals surface area contributed by atoms with Gasteiger partial charge >= 0.3 is 0 Å². The van der Waals surface area contributed by atoms with Gasteiger partial charge in [-0.25, -0.2) is 0 Å². The number of benzene rings is 1. The lowest BCUT2D eigenvalue weighted by atomic mass is 10.1. The van der Waals surface area contributed by atoms with Crippen LogP contribution in [0.3, 0.4) is 0 Å². The molecule has 1 unspecified atom stereocenters. The molecule has 0 aliphatic carbocycles. The zero-order valence-electron chi connectivity index (χ0n) is 10.5. The summed E-state index contributed by atoms with van der Waals surface area (Å²) < 4.78 is 5.05. The Morgan fingerprint density at radius 2 is 2.28 bits per heavy atom. The number of rotatable bonds is 5. The minimum Gasteiger partial charge on any atom is -0.339 e. The summed E-state index contributed by atoms with van der Waals surface area (Å²) in [5.74, 6) is 1.34. The third-order valence-corrected chi connectivity index (χ3v) is 2.94. The van der Waals surface area contributed by atoms with E-state index in [2.05, 4.69) is 28.4 Å². The number of halogens is 1. The molecule has 5 heteroatoms. The van der Waals surface area contributed by atoms with Crippen molar-refractivity contribution in [3.05, 3.63) is 46.6 Å². The van der Waals surface area contributed by atoms with Crippen LogP contribution in [0.25, 0.3) is 0 Å². The highest BCUT2D eigenvalue weighted by Gasteiger charge is 2.07. The van der Waals surface area contributed by atoms with E-state index >= 15 is 0 Å². The molecule has 1 aromatic heterocycles. The summed E-state index contributed by atoms with van der Waals surface area (Å²) in [6.07, 6.45) is 0.728. The van der Waals surface area contributed by atoms with Crippen LogP contribution in [-0.4, -0.2) is 16.7 Å². The Hall–Kier alpha value is -1.39. The molecule has 0 amide bonds. The molecular formula is C13H16ClN3O. The van der Waals surface area contributed by atoms with Crippen molar-refractivity contribution in [2.75, 3.05) is 6.54 Å². The van der Waals surface area contributed by atoms with Gasteiger partial charge in [-0.3, -0.25) is 0 Å². The number of aromatic nitrogens is 2. The number of nitrogens with one attached hydrogen (secondary N) is 1. The van der Waals surface area contributed by atoms with Crippen molar-refractivity contribution in [2.45, 2.75) is 26.3 Å². The molecule has 1 atom stereocenters. The molecule has 0 aliphatic rings. The summed E-state index contributed by atoms with van der Waals surface area (Å²) >= 11 is 5.96. The van der Waals surface area contributed by atoms with E-state index in [1.807, 2.05) is 25.1 Å². The predicted molar refractivity (Wildman–Crippen MR) is 70.6 cm³/mol.